The van der Waals surface area contributed by atoms with Gasteiger partial charge in [-0.15, -0.1) is 0 Å². The van der Waals surface area contributed by atoms with E-state index in [0.29, 0.717) is 29.1 Å². The van der Waals surface area contributed by atoms with E-state index in [4.69, 9.17) is 11.6 Å². The van der Waals surface area contributed by atoms with Crippen molar-refractivity contribution in [2.75, 3.05) is 6.54 Å². The average molecular weight is 350 g/mol. The molecule has 3 aromatic rings. The minimum Gasteiger partial charge on any atom is -0.352 e. The predicted octanol–water partition coefficient (Wildman–Crippen LogP) is 3.44. The Bertz CT molecular complexity index is 909. The number of aromatic nitrogens is 2. The minimum absolute atomic E-state index is 0.154. The molecule has 0 spiro atoms. The number of halogens is 1. The Labute approximate surface area is 151 Å². The highest BCUT2D eigenvalue weighted by atomic mass is 35.5. The topological polar surface area (TPSA) is 57.8 Å². The Morgan fingerprint density at radius 1 is 1.16 bits per heavy atom. The lowest BCUT2D eigenvalue weighted by molar-refractivity contribution is 0.0954. The number of nitrogens with zero attached hydrogens (tertiary/aromatic N) is 1. The maximum absolute atomic E-state index is 12.3. The van der Waals surface area contributed by atoms with Crippen LogP contribution in [0.5, 0.6) is 0 Å². The van der Waals surface area contributed by atoms with Gasteiger partial charge in [0.1, 0.15) is 0 Å². The van der Waals surface area contributed by atoms with E-state index in [1.54, 1.807) is 30.7 Å². The molecule has 0 aliphatic rings. The summed E-state index contributed by atoms with van der Waals surface area (Å²) < 4.78 is 0. The highest BCUT2D eigenvalue weighted by Crippen LogP contribution is 2.17. The van der Waals surface area contributed by atoms with Crippen LogP contribution in [0.15, 0.2) is 61.1 Å². The summed E-state index contributed by atoms with van der Waals surface area (Å²) in [5.41, 5.74) is 3.04. The molecule has 0 saturated carbocycles. The van der Waals surface area contributed by atoms with E-state index >= 15 is 0 Å². The summed E-state index contributed by atoms with van der Waals surface area (Å²) in [7, 11) is 0. The molecule has 0 aliphatic carbocycles. The van der Waals surface area contributed by atoms with Gasteiger partial charge in [-0.05, 0) is 30.3 Å². The minimum atomic E-state index is -0.154. The molecule has 0 fully saturated rings. The molecule has 1 heterocycles. The molecular formula is C20H16ClN3O. The Hall–Kier alpha value is -3.03. The number of aromatic amines is 1. The third kappa shape index (κ3) is 4.72. The van der Waals surface area contributed by atoms with Crippen LogP contribution < -0.4 is 5.32 Å². The Morgan fingerprint density at radius 2 is 2.00 bits per heavy atom. The first kappa shape index (κ1) is 16.8. The standard InChI is InChI=1S/C20H16ClN3O/c21-19-9-8-17(20(25)23-11-10-18-13-22-14-24-18)12-16(19)7-6-15-4-2-1-3-5-15/h1-5,8-9,12-14H,10-11H2,(H,22,24)(H,23,25). The first-order valence-corrected chi connectivity index (χ1v) is 8.22. The van der Waals surface area contributed by atoms with Crippen LogP contribution in [-0.4, -0.2) is 22.4 Å². The van der Waals surface area contributed by atoms with Gasteiger partial charge in [0, 0.05) is 41.5 Å². The van der Waals surface area contributed by atoms with Gasteiger partial charge in [0.25, 0.3) is 5.91 Å². The summed E-state index contributed by atoms with van der Waals surface area (Å²) in [6.45, 7) is 0.523. The van der Waals surface area contributed by atoms with Crippen molar-refractivity contribution in [2.24, 2.45) is 0 Å². The molecule has 0 aliphatic heterocycles. The predicted molar refractivity (Wildman–Crippen MR) is 98.5 cm³/mol. The number of imidazole rings is 1. The van der Waals surface area contributed by atoms with Crippen molar-refractivity contribution in [2.45, 2.75) is 6.42 Å². The fraction of sp³-hybridized carbons (Fsp3) is 0.100. The lowest BCUT2D eigenvalue weighted by atomic mass is 10.1. The Morgan fingerprint density at radius 3 is 2.76 bits per heavy atom. The van der Waals surface area contributed by atoms with E-state index in [1.807, 2.05) is 30.3 Å². The maximum Gasteiger partial charge on any atom is 0.251 e. The molecule has 5 heteroatoms. The fourth-order valence-corrected chi connectivity index (χ4v) is 2.42. The van der Waals surface area contributed by atoms with Gasteiger partial charge < -0.3 is 10.3 Å². The molecule has 25 heavy (non-hydrogen) atoms. The lowest BCUT2D eigenvalue weighted by Gasteiger charge is -2.05. The van der Waals surface area contributed by atoms with Crippen molar-refractivity contribution in [3.05, 3.63) is 88.5 Å². The molecule has 0 bridgehead atoms. The summed E-state index contributed by atoms with van der Waals surface area (Å²) in [5.74, 6) is 5.93. The van der Waals surface area contributed by atoms with Crippen LogP contribution in [0.4, 0.5) is 0 Å². The molecule has 0 radical (unpaired) electrons. The van der Waals surface area contributed by atoms with Crippen molar-refractivity contribution in [1.29, 1.82) is 0 Å². The second kappa shape index (κ2) is 8.18. The van der Waals surface area contributed by atoms with Crippen LogP contribution in [-0.2, 0) is 6.42 Å². The molecule has 4 nitrogen and oxygen atoms in total. The monoisotopic (exact) mass is 349 g/mol. The normalized spacial score (nSPS) is 9.96. The lowest BCUT2D eigenvalue weighted by Crippen LogP contribution is -2.25. The van der Waals surface area contributed by atoms with Crippen LogP contribution in [0, 0.1) is 11.8 Å². The summed E-state index contributed by atoms with van der Waals surface area (Å²) in [5, 5.41) is 3.41. The van der Waals surface area contributed by atoms with E-state index < -0.39 is 0 Å². The van der Waals surface area contributed by atoms with E-state index in [0.717, 1.165) is 11.3 Å². The fourth-order valence-electron chi connectivity index (χ4n) is 2.26. The summed E-state index contributed by atoms with van der Waals surface area (Å²) in [6, 6.07) is 14.7. The zero-order valence-electron chi connectivity index (χ0n) is 13.4. The quantitative estimate of drug-likeness (QED) is 0.709. The Kier molecular flexibility index (Phi) is 5.50. The number of rotatable bonds is 4. The van der Waals surface area contributed by atoms with Gasteiger partial charge in [-0.2, -0.15) is 0 Å². The van der Waals surface area contributed by atoms with Crippen molar-refractivity contribution in [1.82, 2.24) is 15.3 Å². The van der Waals surface area contributed by atoms with E-state index in [9.17, 15) is 4.79 Å². The van der Waals surface area contributed by atoms with Crippen molar-refractivity contribution >= 4 is 17.5 Å². The van der Waals surface area contributed by atoms with Gasteiger partial charge in [0.15, 0.2) is 0 Å². The van der Waals surface area contributed by atoms with Crippen LogP contribution in [0.1, 0.15) is 27.2 Å². The molecule has 1 amide bonds. The summed E-state index contributed by atoms with van der Waals surface area (Å²) in [6.07, 6.45) is 4.06. The van der Waals surface area contributed by atoms with Crippen LogP contribution in [0.25, 0.3) is 0 Å². The van der Waals surface area contributed by atoms with E-state index in [1.165, 1.54) is 0 Å². The SMILES string of the molecule is O=C(NCCc1cnc[nH]1)c1ccc(Cl)c(C#Cc2ccccc2)c1. The van der Waals surface area contributed by atoms with E-state index in [2.05, 4.69) is 27.1 Å². The molecule has 0 unspecified atom stereocenters. The van der Waals surface area contributed by atoms with Crippen LogP contribution in [0.2, 0.25) is 5.02 Å². The number of H-pyrrole nitrogens is 1. The first-order valence-electron chi connectivity index (χ1n) is 7.84. The summed E-state index contributed by atoms with van der Waals surface area (Å²) in [4.78, 5) is 19.2. The zero-order chi connectivity index (χ0) is 17.5. The highest BCUT2D eigenvalue weighted by Gasteiger charge is 2.08. The van der Waals surface area contributed by atoms with Gasteiger partial charge in [-0.3, -0.25) is 4.79 Å². The van der Waals surface area contributed by atoms with Gasteiger partial charge in [-0.25, -0.2) is 4.98 Å². The van der Waals surface area contributed by atoms with Gasteiger partial charge >= 0.3 is 0 Å². The smallest absolute Gasteiger partial charge is 0.251 e. The largest absolute Gasteiger partial charge is 0.352 e. The van der Waals surface area contributed by atoms with Gasteiger partial charge in [0.05, 0.1) is 11.3 Å². The number of benzene rings is 2. The highest BCUT2D eigenvalue weighted by molar-refractivity contribution is 6.31. The number of hydrogen-bond acceptors (Lipinski definition) is 2. The van der Waals surface area contributed by atoms with Gasteiger partial charge in [0.2, 0.25) is 0 Å². The number of hydrogen-bond donors (Lipinski definition) is 2. The Balaban J connectivity index is 1.68. The molecule has 124 valence electrons. The van der Waals surface area contributed by atoms with Crippen LogP contribution in [0.3, 0.4) is 0 Å². The second-order valence-corrected chi connectivity index (χ2v) is 5.80. The molecule has 1 aromatic heterocycles. The number of carbonyl (C=O) groups excluding carboxylic acids is 1. The third-order valence-electron chi connectivity index (χ3n) is 3.58. The number of carbonyl (C=O) groups is 1. The average Bonchev–Trinajstić information content (AvgIpc) is 3.15. The molecule has 0 atom stereocenters. The molecule has 2 aromatic carbocycles. The van der Waals surface area contributed by atoms with Crippen molar-refractivity contribution in [3.8, 4) is 11.8 Å². The second-order valence-electron chi connectivity index (χ2n) is 5.39. The van der Waals surface area contributed by atoms with Crippen LogP contribution >= 0.6 is 11.6 Å². The molecule has 2 N–H and O–H groups in total. The third-order valence-corrected chi connectivity index (χ3v) is 3.91. The first-order chi connectivity index (χ1) is 12.2. The van der Waals surface area contributed by atoms with Gasteiger partial charge in [-0.1, -0.05) is 41.6 Å². The van der Waals surface area contributed by atoms with Crippen molar-refractivity contribution in [3.63, 3.8) is 0 Å². The summed E-state index contributed by atoms with van der Waals surface area (Å²) >= 11 is 6.19. The number of nitrogens with one attached hydrogen (secondary N) is 2. The maximum atomic E-state index is 12.3. The molecule has 0 saturated heterocycles. The van der Waals surface area contributed by atoms with E-state index in [-0.39, 0.29) is 5.91 Å². The molecule has 3 rings (SSSR count). The number of amides is 1. The molecular weight excluding hydrogens is 334 g/mol. The zero-order valence-corrected chi connectivity index (χ0v) is 14.2. The van der Waals surface area contributed by atoms with Crippen molar-refractivity contribution < 1.29 is 4.79 Å².